The molecule has 2 atom stereocenters. The fourth-order valence-corrected chi connectivity index (χ4v) is 3.43. The molecule has 5 N–H and O–H groups in total. The van der Waals surface area contributed by atoms with E-state index in [9.17, 15) is 10.2 Å². The van der Waals surface area contributed by atoms with Crippen LogP contribution in [-0.4, -0.2) is 56.6 Å². The summed E-state index contributed by atoms with van der Waals surface area (Å²) in [5, 5.41) is 22.8. The fourth-order valence-electron chi connectivity index (χ4n) is 3.43. The lowest BCUT2D eigenvalue weighted by molar-refractivity contribution is 0.195. The molecule has 10 heteroatoms. The zero-order valence-electron chi connectivity index (χ0n) is 19.4. The number of nitrogens with one attached hydrogen (secondary N) is 1. The van der Waals surface area contributed by atoms with Gasteiger partial charge in [-0.05, 0) is 43.2 Å². The van der Waals surface area contributed by atoms with Crippen molar-refractivity contribution >= 4 is 28.8 Å². The van der Waals surface area contributed by atoms with Crippen molar-refractivity contribution in [2.45, 2.75) is 32.9 Å². The number of hydrogen-bond donors (Lipinski definition) is 4. The van der Waals surface area contributed by atoms with E-state index in [-0.39, 0.29) is 31.3 Å². The maximum atomic E-state index is 9.85. The first-order chi connectivity index (χ1) is 15.8. The molecule has 33 heavy (non-hydrogen) atoms. The summed E-state index contributed by atoms with van der Waals surface area (Å²) in [4.78, 5) is 21.4. The Morgan fingerprint density at radius 3 is 2.21 bits per heavy atom. The number of aliphatic hydroxyl groups excluding tert-OH is 2. The molecule has 1 unspecified atom stereocenters. The Labute approximate surface area is 194 Å². The van der Waals surface area contributed by atoms with Crippen molar-refractivity contribution in [3.8, 4) is 0 Å². The van der Waals surface area contributed by atoms with E-state index >= 15 is 0 Å². The van der Waals surface area contributed by atoms with Crippen molar-refractivity contribution in [2.75, 3.05) is 41.2 Å². The molecule has 0 amide bonds. The minimum absolute atomic E-state index is 0.0909. The van der Waals surface area contributed by atoms with Gasteiger partial charge < -0.3 is 31.1 Å². The van der Waals surface area contributed by atoms with Crippen LogP contribution < -0.4 is 20.9 Å². The highest BCUT2D eigenvalue weighted by Crippen LogP contribution is 2.24. The summed E-state index contributed by atoms with van der Waals surface area (Å²) in [7, 11) is 1.94. The van der Waals surface area contributed by atoms with E-state index in [0.29, 0.717) is 23.3 Å². The molecule has 2 heterocycles. The second-order valence-electron chi connectivity index (χ2n) is 8.16. The highest BCUT2D eigenvalue weighted by atomic mass is 16.3. The van der Waals surface area contributed by atoms with E-state index in [2.05, 4.69) is 25.3 Å². The molecule has 10 nitrogen and oxygen atoms in total. The Morgan fingerprint density at radius 2 is 1.64 bits per heavy atom. The van der Waals surface area contributed by atoms with Crippen LogP contribution in [0.15, 0.2) is 48.9 Å². The normalized spacial score (nSPS) is 12.9. The molecule has 0 saturated heterocycles. The molecule has 1 aromatic carbocycles. The predicted molar refractivity (Wildman–Crippen MR) is 130 cm³/mol. The third-order valence-corrected chi connectivity index (χ3v) is 5.50. The maximum Gasteiger partial charge on any atom is 0.225 e. The maximum absolute atomic E-state index is 9.85. The molecule has 2 aromatic heterocycles. The van der Waals surface area contributed by atoms with Crippen molar-refractivity contribution in [3.63, 3.8) is 0 Å². The van der Waals surface area contributed by atoms with Gasteiger partial charge in [0.05, 0.1) is 36.8 Å². The Morgan fingerprint density at radius 1 is 0.970 bits per heavy atom. The fraction of sp³-hybridized carbons (Fsp3) is 0.391. The third-order valence-electron chi connectivity index (χ3n) is 5.50. The lowest BCUT2D eigenvalue weighted by Crippen LogP contribution is -2.43. The van der Waals surface area contributed by atoms with Gasteiger partial charge >= 0.3 is 0 Å². The zero-order valence-corrected chi connectivity index (χ0v) is 19.4. The highest BCUT2D eigenvalue weighted by Gasteiger charge is 2.22. The number of benzene rings is 1. The molecule has 0 aliphatic carbocycles. The van der Waals surface area contributed by atoms with Crippen LogP contribution in [0, 0.1) is 5.92 Å². The van der Waals surface area contributed by atoms with Crippen molar-refractivity contribution in [1.82, 2.24) is 19.9 Å². The summed E-state index contributed by atoms with van der Waals surface area (Å²) >= 11 is 0. The van der Waals surface area contributed by atoms with E-state index in [1.165, 1.54) is 0 Å². The van der Waals surface area contributed by atoms with Gasteiger partial charge in [0.2, 0.25) is 5.95 Å². The van der Waals surface area contributed by atoms with Crippen LogP contribution in [0.2, 0.25) is 0 Å². The molecule has 0 fully saturated rings. The van der Waals surface area contributed by atoms with E-state index in [1.54, 1.807) is 29.6 Å². The average Bonchev–Trinajstić information content (AvgIpc) is 2.82. The smallest absolute Gasteiger partial charge is 0.225 e. The second-order valence-corrected chi connectivity index (χ2v) is 8.16. The minimum atomic E-state index is -0.262. The first kappa shape index (κ1) is 24.1. The molecule has 3 aromatic rings. The SMILES string of the molecule is CC(Nc1nccc(N(CO)[C@H](CO)C(C)C)n1)c1ncc(N(C)c2ccc(N)cc2)cn1. The Bertz CT molecular complexity index is 1010. The predicted octanol–water partition coefficient (Wildman–Crippen LogP) is 2.56. The van der Waals surface area contributed by atoms with Crippen LogP contribution in [0.1, 0.15) is 32.6 Å². The summed E-state index contributed by atoms with van der Waals surface area (Å²) < 4.78 is 0. The summed E-state index contributed by atoms with van der Waals surface area (Å²) in [6.45, 7) is 5.53. The summed E-state index contributed by atoms with van der Waals surface area (Å²) in [5.74, 6) is 1.63. The van der Waals surface area contributed by atoms with Gasteiger partial charge in [-0.1, -0.05) is 13.8 Å². The quantitative estimate of drug-likeness (QED) is 0.268. The number of rotatable bonds is 10. The topological polar surface area (TPSA) is 137 Å². The molecular weight excluding hydrogens is 420 g/mol. The van der Waals surface area contributed by atoms with Crippen LogP contribution >= 0.6 is 0 Å². The van der Waals surface area contributed by atoms with Crippen molar-refractivity contribution in [3.05, 3.63) is 54.7 Å². The van der Waals surface area contributed by atoms with E-state index in [1.807, 2.05) is 57.0 Å². The monoisotopic (exact) mass is 452 g/mol. The number of nitrogen functional groups attached to an aromatic ring is 1. The Balaban J connectivity index is 1.71. The molecule has 0 bridgehead atoms. The summed E-state index contributed by atoms with van der Waals surface area (Å²) in [6.07, 6.45) is 5.13. The third kappa shape index (κ3) is 5.85. The average molecular weight is 453 g/mol. The lowest BCUT2D eigenvalue weighted by Gasteiger charge is -2.32. The summed E-state index contributed by atoms with van der Waals surface area (Å²) in [5.41, 5.74) is 8.30. The zero-order chi connectivity index (χ0) is 24.0. The first-order valence-electron chi connectivity index (χ1n) is 10.8. The number of nitrogens with two attached hydrogens (primary N) is 1. The molecule has 176 valence electrons. The number of nitrogens with zero attached hydrogens (tertiary/aromatic N) is 6. The highest BCUT2D eigenvalue weighted by molar-refractivity contribution is 5.63. The second kappa shape index (κ2) is 10.9. The van der Waals surface area contributed by atoms with E-state index in [0.717, 1.165) is 11.4 Å². The van der Waals surface area contributed by atoms with Gasteiger partial charge in [0.15, 0.2) is 0 Å². The van der Waals surface area contributed by atoms with Crippen LogP contribution in [0.3, 0.4) is 0 Å². The molecule has 0 saturated carbocycles. The molecule has 3 rings (SSSR count). The van der Waals surface area contributed by atoms with Crippen LogP contribution in [-0.2, 0) is 0 Å². The molecule has 0 spiro atoms. The van der Waals surface area contributed by atoms with Gasteiger partial charge in [-0.25, -0.2) is 15.0 Å². The van der Waals surface area contributed by atoms with Crippen molar-refractivity contribution < 1.29 is 10.2 Å². The van der Waals surface area contributed by atoms with Crippen molar-refractivity contribution in [2.24, 2.45) is 5.92 Å². The standard InChI is InChI=1S/C23H32N8O2/c1-15(2)20(13-32)31(14-33)21-9-10-25-23(29-21)28-16(3)22-26-11-19(12-27-22)30(4)18-7-5-17(24)6-8-18/h5-12,15-16,20,32-33H,13-14,24H2,1-4H3,(H,25,28,29)/t16?,20-/m1/s1. The molecule has 0 aliphatic heterocycles. The number of anilines is 5. The Kier molecular flexibility index (Phi) is 7.96. The lowest BCUT2D eigenvalue weighted by atomic mass is 10.0. The van der Waals surface area contributed by atoms with Crippen LogP contribution in [0.4, 0.5) is 28.8 Å². The number of aromatic nitrogens is 4. The van der Waals surface area contributed by atoms with Gasteiger partial charge in [-0.3, -0.25) is 0 Å². The molecular formula is C23H32N8O2. The largest absolute Gasteiger partial charge is 0.399 e. The van der Waals surface area contributed by atoms with Gasteiger partial charge in [-0.15, -0.1) is 0 Å². The first-order valence-corrected chi connectivity index (χ1v) is 10.8. The molecule has 0 radical (unpaired) electrons. The van der Waals surface area contributed by atoms with Gasteiger partial charge in [-0.2, -0.15) is 4.98 Å². The summed E-state index contributed by atoms with van der Waals surface area (Å²) in [6, 6.07) is 8.77. The van der Waals surface area contributed by atoms with Crippen molar-refractivity contribution in [1.29, 1.82) is 0 Å². The van der Waals surface area contributed by atoms with E-state index in [4.69, 9.17) is 5.73 Å². The molecule has 0 aliphatic rings. The van der Waals surface area contributed by atoms with Crippen LogP contribution in [0.5, 0.6) is 0 Å². The Hall–Kier alpha value is -3.50. The van der Waals surface area contributed by atoms with Gasteiger partial charge in [0, 0.05) is 24.6 Å². The van der Waals surface area contributed by atoms with E-state index < -0.39 is 0 Å². The van der Waals surface area contributed by atoms with Gasteiger partial charge in [0.1, 0.15) is 18.4 Å². The number of aliphatic hydroxyl groups is 2. The van der Waals surface area contributed by atoms with Gasteiger partial charge in [0.25, 0.3) is 0 Å². The minimum Gasteiger partial charge on any atom is -0.399 e. The number of hydrogen-bond acceptors (Lipinski definition) is 10. The van der Waals surface area contributed by atoms with Crippen LogP contribution in [0.25, 0.3) is 0 Å².